The smallest absolute Gasteiger partial charge is 0.227 e. The molecule has 134 valence electrons. The van der Waals surface area contributed by atoms with Gasteiger partial charge in [-0.1, -0.05) is 12.1 Å². The van der Waals surface area contributed by atoms with Gasteiger partial charge in [0.1, 0.15) is 23.5 Å². The Morgan fingerprint density at radius 2 is 1.88 bits per heavy atom. The summed E-state index contributed by atoms with van der Waals surface area (Å²) in [5, 5.41) is 1.02. The van der Waals surface area contributed by atoms with E-state index < -0.39 is 0 Å². The molecule has 0 atom stereocenters. The first-order valence-corrected chi connectivity index (χ1v) is 8.68. The summed E-state index contributed by atoms with van der Waals surface area (Å²) >= 11 is 0. The van der Waals surface area contributed by atoms with Gasteiger partial charge >= 0.3 is 0 Å². The van der Waals surface area contributed by atoms with Crippen molar-refractivity contribution in [3.8, 4) is 5.75 Å². The van der Waals surface area contributed by atoms with Crippen molar-refractivity contribution in [3.63, 3.8) is 0 Å². The molecule has 0 aliphatic carbocycles. The molecular formula is C19H21N5O2. The fourth-order valence-electron chi connectivity index (χ4n) is 3.31. The number of ether oxygens (including phenoxy) is 1. The number of carbonyl (C=O) groups excluding carboxylic acids is 1. The molecule has 1 saturated heterocycles. The molecule has 7 heteroatoms. The second-order valence-electron chi connectivity index (χ2n) is 6.33. The van der Waals surface area contributed by atoms with Crippen LogP contribution in [-0.4, -0.2) is 59.0 Å². The lowest BCUT2D eigenvalue weighted by atomic mass is 10.1. The Hall–Kier alpha value is -3.09. The molecule has 1 aliphatic rings. The second kappa shape index (κ2) is 7.03. The van der Waals surface area contributed by atoms with Crippen LogP contribution in [0, 0.1) is 0 Å². The number of amides is 1. The van der Waals surface area contributed by atoms with E-state index in [1.54, 1.807) is 13.4 Å². The maximum absolute atomic E-state index is 12.6. The van der Waals surface area contributed by atoms with E-state index in [0.717, 1.165) is 41.3 Å². The third-order valence-electron chi connectivity index (χ3n) is 4.78. The van der Waals surface area contributed by atoms with Crippen molar-refractivity contribution in [2.45, 2.75) is 6.42 Å². The Kier molecular flexibility index (Phi) is 4.43. The van der Waals surface area contributed by atoms with E-state index in [1.165, 1.54) is 0 Å². The average molecular weight is 351 g/mol. The third-order valence-corrected chi connectivity index (χ3v) is 4.78. The number of fused-ring (bicyclic) bond motifs is 1. The van der Waals surface area contributed by atoms with Crippen LogP contribution >= 0.6 is 0 Å². The Balaban J connectivity index is 1.38. The molecule has 26 heavy (non-hydrogen) atoms. The van der Waals surface area contributed by atoms with E-state index in [2.05, 4.69) is 19.9 Å². The summed E-state index contributed by atoms with van der Waals surface area (Å²) in [6.07, 6.45) is 3.87. The Morgan fingerprint density at radius 1 is 1.12 bits per heavy atom. The van der Waals surface area contributed by atoms with Gasteiger partial charge in [-0.05, 0) is 23.8 Å². The molecule has 1 aromatic carbocycles. The van der Waals surface area contributed by atoms with E-state index >= 15 is 0 Å². The molecule has 7 nitrogen and oxygen atoms in total. The van der Waals surface area contributed by atoms with Crippen molar-refractivity contribution in [2.75, 3.05) is 38.2 Å². The predicted octanol–water partition coefficient (Wildman–Crippen LogP) is 1.86. The number of hydrogen-bond acceptors (Lipinski definition) is 5. The highest BCUT2D eigenvalue weighted by Crippen LogP contribution is 2.23. The number of methoxy groups -OCH3 is 1. The van der Waals surface area contributed by atoms with Crippen molar-refractivity contribution in [2.24, 2.45) is 0 Å². The molecule has 3 aromatic rings. The number of aromatic nitrogens is 3. The van der Waals surface area contributed by atoms with Crippen LogP contribution < -0.4 is 9.64 Å². The van der Waals surface area contributed by atoms with Gasteiger partial charge < -0.3 is 19.5 Å². The number of nitrogens with one attached hydrogen (secondary N) is 1. The Bertz CT molecular complexity index is 898. The van der Waals surface area contributed by atoms with Crippen molar-refractivity contribution < 1.29 is 9.53 Å². The number of benzene rings is 1. The minimum absolute atomic E-state index is 0.157. The van der Waals surface area contributed by atoms with Crippen LogP contribution in [0.5, 0.6) is 5.75 Å². The van der Waals surface area contributed by atoms with Gasteiger partial charge in [0.25, 0.3) is 0 Å². The van der Waals surface area contributed by atoms with E-state index in [9.17, 15) is 4.79 Å². The van der Waals surface area contributed by atoms with Gasteiger partial charge in [0.2, 0.25) is 5.91 Å². The van der Waals surface area contributed by atoms with Crippen LogP contribution in [0.2, 0.25) is 0 Å². The fraction of sp³-hybridized carbons (Fsp3) is 0.316. The molecular weight excluding hydrogens is 330 g/mol. The third kappa shape index (κ3) is 3.20. The average Bonchev–Trinajstić information content (AvgIpc) is 3.17. The minimum Gasteiger partial charge on any atom is -0.497 e. The molecule has 0 unspecified atom stereocenters. The molecule has 1 fully saturated rings. The maximum Gasteiger partial charge on any atom is 0.227 e. The molecule has 2 aromatic heterocycles. The Morgan fingerprint density at radius 3 is 2.62 bits per heavy atom. The number of anilines is 1. The number of carbonyl (C=O) groups is 1. The lowest BCUT2D eigenvalue weighted by Gasteiger charge is -2.35. The molecule has 3 heterocycles. The predicted molar refractivity (Wildman–Crippen MR) is 99.4 cm³/mol. The first kappa shape index (κ1) is 16.4. The summed E-state index contributed by atoms with van der Waals surface area (Å²) in [7, 11) is 1.64. The number of nitrogens with zero attached hydrogens (tertiary/aromatic N) is 4. The van der Waals surface area contributed by atoms with Crippen LogP contribution in [0.4, 0.5) is 5.82 Å². The zero-order valence-electron chi connectivity index (χ0n) is 14.7. The van der Waals surface area contributed by atoms with Crippen molar-refractivity contribution in [1.82, 2.24) is 19.9 Å². The lowest BCUT2D eigenvalue weighted by molar-refractivity contribution is -0.130. The molecule has 0 radical (unpaired) electrons. The van der Waals surface area contributed by atoms with E-state index in [0.29, 0.717) is 19.5 Å². The molecule has 1 aliphatic heterocycles. The first-order valence-electron chi connectivity index (χ1n) is 8.68. The molecule has 0 spiro atoms. The molecule has 0 saturated carbocycles. The summed E-state index contributed by atoms with van der Waals surface area (Å²) in [6, 6.07) is 9.65. The number of aromatic amines is 1. The largest absolute Gasteiger partial charge is 0.497 e. The van der Waals surface area contributed by atoms with Gasteiger partial charge in [0, 0.05) is 32.4 Å². The highest BCUT2D eigenvalue weighted by atomic mass is 16.5. The van der Waals surface area contributed by atoms with Crippen LogP contribution in [0.15, 0.2) is 42.9 Å². The highest BCUT2D eigenvalue weighted by Gasteiger charge is 2.23. The molecule has 0 bridgehead atoms. The first-order chi connectivity index (χ1) is 12.7. The number of hydrogen-bond donors (Lipinski definition) is 1. The summed E-state index contributed by atoms with van der Waals surface area (Å²) in [4.78, 5) is 28.5. The topological polar surface area (TPSA) is 74.3 Å². The van der Waals surface area contributed by atoms with Gasteiger partial charge in [-0.15, -0.1) is 0 Å². The van der Waals surface area contributed by atoms with Crippen molar-refractivity contribution in [3.05, 3.63) is 48.4 Å². The van der Waals surface area contributed by atoms with Gasteiger partial charge in [0.05, 0.1) is 18.9 Å². The molecule has 4 rings (SSSR count). The van der Waals surface area contributed by atoms with Crippen molar-refractivity contribution >= 4 is 22.8 Å². The highest BCUT2D eigenvalue weighted by molar-refractivity contribution is 5.87. The Labute approximate surface area is 151 Å². The van der Waals surface area contributed by atoms with Gasteiger partial charge in [-0.2, -0.15) is 0 Å². The summed E-state index contributed by atoms with van der Waals surface area (Å²) in [5.74, 6) is 1.89. The van der Waals surface area contributed by atoms with E-state index in [-0.39, 0.29) is 5.91 Å². The summed E-state index contributed by atoms with van der Waals surface area (Å²) in [5.41, 5.74) is 1.84. The van der Waals surface area contributed by atoms with Gasteiger partial charge in [0.15, 0.2) is 0 Å². The number of H-pyrrole nitrogens is 1. The van der Waals surface area contributed by atoms with Crippen molar-refractivity contribution in [1.29, 1.82) is 0 Å². The zero-order valence-corrected chi connectivity index (χ0v) is 14.7. The number of rotatable bonds is 4. The summed E-state index contributed by atoms with van der Waals surface area (Å²) < 4.78 is 5.16. The maximum atomic E-state index is 12.6. The van der Waals surface area contributed by atoms with Crippen LogP contribution in [0.1, 0.15) is 5.56 Å². The minimum atomic E-state index is 0.157. The van der Waals surface area contributed by atoms with Crippen LogP contribution in [0.25, 0.3) is 11.0 Å². The SMILES string of the molecule is COc1ccc(CC(=O)N2CCN(c3ncnc4[nH]ccc34)CC2)cc1. The quantitative estimate of drug-likeness (QED) is 0.777. The number of piperazine rings is 1. The van der Waals surface area contributed by atoms with Crippen LogP contribution in [0.3, 0.4) is 0 Å². The lowest BCUT2D eigenvalue weighted by Crippen LogP contribution is -2.49. The van der Waals surface area contributed by atoms with E-state index in [4.69, 9.17) is 4.74 Å². The molecule has 1 N–H and O–H groups in total. The monoisotopic (exact) mass is 351 g/mol. The zero-order chi connectivity index (χ0) is 17.9. The normalized spacial score (nSPS) is 14.7. The van der Waals surface area contributed by atoms with Gasteiger partial charge in [-0.25, -0.2) is 9.97 Å². The fourth-order valence-corrected chi connectivity index (χ4v) is 3.31. The second-order valence-corrected chi connectivity index (χ2v) is 6.33. The van der Waals surface area contributed by atoms with Crippen LogP contribution in [-0.2, 0) is 11.2 Å². The summed E-state index contributed by atoms with van der Waals surface area (Å²) in [6.45, 7) is 2.94. The molecule has 1 amide bonds. The standard InChI is InChI=1S/C19H21N5O2/c1-26-15-4-2-14(3-5-15)12-17(25)23-8-10-24(11-9-23)19-16-6-7-20-18(16)21-13-22-19/h2-7,13H,8-12H2,1H3,(H,20,21,22). The van der Waals surface area contributed by atoms with E-state index in [1.807, 2.05) is 41.4 Å². The van der Waals surface area contributed by atoms with Gasteiger partial charge in [-0.3, -0.25) is 4.79 Å².